The van der Waals surface area contributed by atoms with E-state index >= 15 is 0 Å². The molecule has 17 heavy (non-hydrogen) atoms. The Bertz CT molecular complexity index is 563. The number of benzene rings is 1. The minimum Gasteiger partial charge on any atom is -0.436 e. The third-order valence-corrected chi connectivity index (χ3v) is 2.38. The van der Waals surface area contributed by atoms with Crippen molar-refractivity contribution in [3.05, 3.63) is 52.1 Å². The fraction of sp³-hybridized carbons (Fsp3) is 0. The zero-order valence-corrected chi connectivity index (χ0v) is 9.77. The summed E-state index contributed by atoms with van der Waals surface area (Å²) >= 11 is 11.1. The molecule has 1 heterocycles. The Hall–Kier alpha value is -1.39. The van der Waals surface area contributed by atoms with Crippen molar-refractivity contribution in [3.8, 4) is 11.6 Å². The number of pyridine rings is 1. The number of nitrogens with zero attached hydrogens (tertiary/aromatic N) is 1. The van der Waals surface area contributed by atoms with Crippen LogP contribution in [0, 0.1) is 11.6 Å². The molecular formula is C11H5Cl2F2NO. The van der Waals surface area contributed by atoms with E-state index in [9.17, 15) is 8.78 Å². The summed E-state index contributed by atoms with van der Waals surface area (Å²) in [4.78, 5) is 3.66. The van der Waals surface area contributed by atoms with E-state index in [1.165, 1.54) is 18.3 Å². The van der Waals surface area contributed by atoms with Gasteiger partial charge in [0.05, 0.1) is 10.0 Å². The van der Waals surface area contributed by atoms with Crippen molar-refractivity contribution in [3.63, 3.8) is 0 Å². The summed E-state index contributed by atoms with van der Waals surface area (Å²) in [5.41, 5.74) is 0. The van der Waals surface area contributed by atoms with Crippen molar-refractivity contribution >= 4 is 23.2 Å². The first kappa shape index (κ1) is 12.1. The largest absolute Gasteiger partial charge is 0.436 e. The highest BCUT2D eigenvalue weighted by atomic mass is 35.5. The molecule has 2 nitrogen and oxygen atoms in total. The van der Waals surface area contributed by atoms with Crippen LogP contribution in [-0.4, -0.2) is 4.98 Å². The molecule has 1 aromatic heterocycles. The number of hydrogen-bond donors (Lipinski definition) is 0. The van der Waals surface area contributed by atoms with E-state index in [1.807, 2.05) is 0 Å². The standard InChI is InChI=1S/C11H5Cl2F2NO/c12-6-3-10(15)11(16-5-6)17-7-1-2-9(14)8(13)4-7/h1-5H. The lowest BCUT2D eigenvalue weighted by molar-refractivity contribution is 0.422. The van der Waals surface area contributed by atoms with Crippen LogP contribution in [0.3, 0.4) is 0 Å². The topological polar surface area (TPSA) is 22.1 Å². The Balaban J connectivity index is 2.28. The summed E-state index contributed by atoms with van der Waals surface area (Å²) in [6, 6.07) is 4.73. The molecule has 0 N–H and O–H groups in total. The van der Waals surface area contributed by atoms with Crippen molar-refractivity contribution in [2.45, 2.75) is 0 Å². The highest BCUT2D eigenvalue weighted by Crippen LogP contribution is 2.27. The lowest BCUT2D eigenvalue weighted by Crippen LogP contribution is -1.92. The van der Waals surface area contributed by atoms with Gasteiger partial charge in [-0.05, 0) is 18.2 Å². The number of hydrogen-bond acceptors (Lipinski definition) is 2. The molecule has 1 aromatic carbocycles. The van der Waals surface area contributed by atoms with Crippen molar-refractivity contribution in [2.75, 3.05) is 0 Å². The Morgan fingerprint density at radius 3 is 2.47 bits per heavy atom. The first-order chi connectivity index (χ1) is 8.06. The number of aromatic nitrogens is 1. The van der Waals surface area contributed by atoms with Crippen molar-refractivity contribution in [1.29, 1.82) is 0 Å². The summed E-state index contributed by atoms with van der Waals surface area (Å²) in [6.45, 7) is 0. The second-order valence-electron chi connectivity index (χ2n) is 3.12. The molecule has 0 unspecified atom stereocenters. The SMILES string of the molecule is Fc1ccc(Oc2ncc(Cl)cc2F)cc1Cl. The second-order valence-corrected chi connectivity index (χ2v) is 3.96. The van der Waals surface area contributed by atoms with Crippen LogP contribution in [0.2, 0.25) is 10.0 Å². The molecule has 88 valence electrons. The summed E-state index contributed by atoms with van der Waals surface area (Å²) in [5, 5.41) is 0.0452. The van der Waals surface area contributed by atoms with Gasteiger partial charge in [0.25, 0.3) is 5.88 Å². The molecule has 0 saturated carbocycles. The molecule has 0 saturated heterocycles. The summed E-state index contributed by atoms with van der Waals surface area (Å²) in [5.74, 6) is -1.36. The number of halogens is 4. The lowest BCUT2D eigenvalue weighted by atomic mass is 10.3. The first-order valence-corrected chi connectivity index (χ1v) is 5.26. The lowest BCUT2D eigenvalue weighted by Gasteiger charge is -2.06. The molecule has 0 amide bonds. The van der Waals surface area contributed by atoms with Gasteiger partial charge in [-0.25, -0.2) is 13.8 Å². The zero-order chi connectivity index (χ0) is 12.4. The zero-order valence-electron chi connectivity index (χ0n) is 8.25. The summed E-state index contributed by atoms with van der Waals surface area (Å²) < 4.78 is 31.3. The molecule has 2 rings (SSSR count). The highest BCUT2D eigenvalue weighted by Gasteiger charge is 2.08. The molecule has 0 fully saturated rings. The van der Waals surface area contributed by atoms with E-state index in [0.29, 0.717) is 0 Å². The fourth-order valence-corrected chi connectivity index (χ4v) is 1.44. The van der Waals surface area contributed by atoms with Crippen molar-refractivity contribution in [2.24, 2.45) is 0 Å². The summed E-state index contributed by atoms with van der Waals surface area (Å²) in [7, 11) is 0. The normalized spacial score (nSPS) is 10.4. The number of ether oxygens (including phenoxy) is 1. The van der Waals surface area contributed by atoms with Crippen LogP contribution >= 0.6 is 23.2 Å². The third kappa shape index (κ3) is 2.84. The van der Waals surface area contributed by atoms with Gasteiger partial charge in [-0.2, -0.15) is 0 Å². The maximum absolute atomic E-state index is 13.3. The van der Waals surface area contributed by atoms with Crippen LogP contribution in [0.15, 0.2) is 30.5 Å². The molecule has 0 bridgehead atoms. The van der Waals surface area contributed by atoms with Gasteiger partial charge in [0.15, 0.2) is 5.82 Å². The van der Waals surface area contributed by atoms with Crippen LogP contribution in [0.1, 0.15) is 0 Å². The molecule has 0 atom stereocenters. The Labute approximate surface area is 106 Å². The predicted molar refractivity (Wildman–Crippen MR) is 60.7 cm³/mol. The minimum atomic E-state index is -0.710. The van der Waals surface area contributed by atoms with Crippen LogP contribution < -0.4 is 4.74 Å². The number of rotatable bonds is 2. The Kier molecular flexibility index (Phi) is 3.45. The molecule has 0 aliphatic rings. The second kappa shape index (κ2) is 4.85. The highest BCUT2D eigenvalue weighted by molar-refractivity contribution is 6.31. The summed E-state index contributed by atoms with van der Waals surface area (Å²) in [6.07, 6.45) is 1.24. The van der Waals surface area contributed by atoms with E-state index in [4.69, 9.17) is 27.9 Å². The first-order valence-electron chi connectivity index (χ1n) is 4.50. The predicted octanol–water partition coefficient (Wildman–Crippen LogP) is 4.46. The van der Waals surface area contributed by atoms with Crippen LogP contribution in [-0.2, 0) is 0 Å². The Morgan fingerprint density at radius 2 is 1.82 bits per heavy atom. The monoisotopic (exact) mass is 275 g/mol. The molecule has 0 aliphatic carbocycles. The van der Waals surface area contributed by atoms with E-state index in [1.54, 1.807) is 0 Å². The van der Waals surface area contributed by atoms with Crippen LogP contribution in [0.25, 0.3) is 0 Å². The van der Waals surface area contributed by atoms with E-state index in [0.717, 1.165) is 12.1 Å². The van der Waals surface area contributed by atoms with Gasteiger partial charge < -0.3 is 4.74 Å². The van der Waals surface area contributed by atoms with Crippen molar-refractivity contribution in [1.82, 2.24) is 4.98 Å². The Morgan fingerprint density at radius 1 is 1.06 bits per heavy atom. The average Bonchev–Trinajstić information content (AvgIpc) is 2.27. The van der Waals surface area contributed by atoms with Gasteiger partial charge in [0.1, 0.15) is 11.6 Å². The van der Waals surface area contributed by atoms with E-state index in [-0.39, 0.29) is 21.7 Å². The quantitative estimate of drug-likeness (QED) is 0.807. The molecule has 6 heteroatoms. The van der Waals surface area contributed by atoms with E-state index < -0.39 is 11.6 Å². The fourth-order valence-electron chi connectivity index (χ4n) is 1.13. The third-order valence-electron chi connectivity index (χ3n) is 1.88. The minimum absolute atomic E-state index is 0.114. The maximum Gasteiger partial charge on any atom is 0.255 e. The molecule has 0 spiro atoms. The van der Waals surface area contributed by atoms with Gasteiger partial charge in [-0.3, -0.25) is 0 Å². The molecular weight excluding hydrogens is 271 g/mol. The van der Waals surface area contributed by atoms with Crippen molar-refractivity contribution < 1.29 is 13.5 Å². The van der Waals surface area contributed by atoms with Gasteiger partial charge in [0.2, 0.25) is 0 Å². The van der Waals surface area contributed by atoms with Gasteiger partial charge in [0, 0.05) is 12.3 Å². The van der Waals surface area contributed by atoms with Crippen LogP contribution in [0.5, 0.6) is 11.6 Å². The van der Waals surface area contributed by atoms with Gasteiger partial charge >= 0.3 is 0 Å². The van der Waals surface area contributed by atoms with Gasteiger partial charge in [-0.1, -0.05) is 23.2 Å². The van der Waals surface area contributed by atoms with E-state index in [2.05, 4.69) is 4.98 Å². The molecule has 0 radical (unpaired) electrons. The average molecular weight is 276 g/mol. The molecule has 2 aromatic rings. The van der Waals surface area contributed by atoms with Gasteiger partial charge in [-0.15, -0.1) is 0 Å². The maximum atomic E-state index is 13.3. The smallest absolute Gasteiger partial charge is 0.255 e. The molecule has 0 aliphatic heterocycles. The van der Waals surface area contributed by atoms with Crippen LogP contribution in [0.4, 0.5) is 8.78 Å².